The molecule has 1 rings (SSSR count). The van der Waals surface area contributed by atoms with E-state index < -0.39 is 5.82 Å². The number of ether oxygens (including phenoxy) is 2. The lowest BCUT2D eigenvalue weighted by Gasteiger charge is -2.06. The minimum atomic E-state index is -0.439. The highest BCUT2D eigenvalue weighted by Gasteiger charge is 2.02. The molecule has 0 bridgehead atoms. The molecular weight excluding hydrogens is 173 g/mol. The van der Waals surface area contributed by atoms with Crippen molar-refractivity contribution >= 4 is 5.90 Å². The van der Waals surface area contributed by atoms with Crippen LogP contribution in [0, 0.1) is 11.2 Å². The second kappa shape index (κ2) is 4.45. The number of para-hydroxylation sites is 1. The highest BCUT2D eigenvalue weighted by molar-refractivity contribution is 5.73. The fraction of sp³-hybridized carbons (Fsp3) is 0.222. The van der Waals surface area contributed by atoms with Gasteiger partial charge in [0.15, 0.2) is 18.2 Å². The van der Waals surface area contributed by atoms with Gasteiger partial charge in [-0.15, -0.1) is 0 Å². The van der Waals surface area contributed by atoms with E-state index in [0.29, 0.717) is 0 Å². The van der Waals surface area contributed by atoms with Crippen LogP contribution in [0.5, 0.6) is 5.75 Å². The molecule has 3 nitrogen and oxygen atoms in total. The Kier molecular flexibility index (Phi) is 3.25. The summed E-state index contributed by atoms with van der Waals surface area (Å²) in [6, 6.07) is 6.03. The normalized spacial score (nSPS) is 9.38. The van der Waals surface area contributed by atoms with Crippen LogP contribution in [-0.4, -0.2) is 19.6 Å². The van der Waals surface area contributed by atoms with Crippen LogP contribution < -0.4 is 4.74 Å². The Balaban J connectivity index is 2.54. The Labute approximate surface area is 75.6 Å². The van der Waals surface area contributed by atoms with Gasteiger partial charge in [0.25, 0.3) is 0 Å². The molecule has 0 heterocycles. The molecule has 0 fully saturated rings. The maximum Gasteiger partial charge on any atom is 0.219 e. The number of methoxy groups -OCH3 is 1. The Hall–Kier alpha value is -1.58. The molecule has 0 atom stereocenters. The standard InChI is InChI=1S/C9H10FNO2/c1-12-9(11)6-13-8-5-3-2-4-7(8)10/h2-5,11H,6H2,1H3. The largest absolute Gasteiger partial charge is 0.482 e. The first kappa shape index (κ1) is 9.51. The van der Waals surface area contributed by atoms with Gasteiger partial charge < -0.3 is 9.47 Å². The quantitative estimate of drug-likeness (QED) is 0.573. The van der Waals surface area contributed by atoms with E-state index in [1.807, 2.05) is 0 Å². The van der Waals surface area contributed by atoms with E-state index in [2.05, 4.69) is 4.74 Å². The van der Waals surface area contributed by atoms with Gasteiger partial charge in [-0.2, -0.15) is 0 Å². The number of nitrogens with one attached hydrogen (secondary N) is 1. The summed E-state index contributed by atoms with van der Waals surface area (Å²) in [7, 11) is 1.37. The molecule has 13 heavy (non-hydrogen) atoms. The average molecular weight is 183 g/mol. The molecule has 0 spiro atoms. The van der Waals surface area contributed by atoms with Crippen LogP contribution in [0.4, 0.5) is 4.39 Å². The van der Waals surface area contributed by atoms with Crippen LogP contribution in [-0.2, 0) is 4.74 Å². The van der Waals surface area contributed by atoms with Crippen molar-refractivity contribution in [2.45, 2.75) is 0 Å². The Bertz CT molecular complexity index is 301. The van der Waals surface area contributed by atoms with E-state index in [0.717, 1.165) is 0 Å². The lowest BCUT2D eigenvalue weighted by atomic mass is 10.3. The predicted octanol–water partition coefficient (Wildman–Crippen LogP) is 1.83. The van der Waals surface area contributed by atoms with E-state index in [1.165, 1.54) is 19.2 Å². The Morgan fingerprint density at radius 2 is 2.15 bits per heavy atom. The second-order valence-corrected chi connectivity index (χ2v) is 2.35. The third-order valence-corrected chi connectivity index (χ3v) is 1.44. The van der Waals surface area contributed by atoms with Gasteiger partial charge in [0, 0.05) is 0 Å². The fourth-order valence-corrected chi connectivity index (χ4v) is 0.764. The van der Waals surface area contributed by atoms with Gasteiger partial charge in [-0.05, 0) is 12.1 Å². The van der Waals surface area contributed by atoms with Crippen molar-refractivity contribution in [3.63, 3.8) is 0 Å². The van der Waals surface area contributed by atoms with Gasteiger partial charge in [0.05, 0.1) is 7.11 Å². The summed E-state index contributed by atoms with van der Waals surface area (Å²) >= 11 is 0. The molecule has 1 aromatic carbocycles. The van der Waals surface area contributed by atoms with Gasteiger partial charge in [-0.25, -0.2) is 4.39 Å². The molecule has 70 valence electrons. The molecule has 0 radical (unpaired) electrons. The van der Waals surface area contributed by atoms with Gasteiger partial charge in [-0.1, -0.05) is 12.1 Å². The number of hydrogen-bond acceptors (Lipinski definition) is 3. The molecule has 0 unspecified atom stereocenters. The molecule has 0 aliphatic heterocycles. The molecule has 0 aromatic heterocycles. The smallest absolute Gasteiger partial charge is 0.219 e. The van der Waals surface area contributed by atoms with Crippen LogP contribution in [0.25, 0.3) is 0 Å². The first-order chi connectivity index (χ1) is 6.24. The number of hydrogen-bond donors (Lipinski definition) is 1. The van der Waals surface area contributed by atoms with Crippen molar-refractivity contribution in [3.8, 4) is 5.75 Å². The predicted molar refractivity (Wildman–Crippen MR) is 46.6 cm³/mol. The topological polar surface area (TPSA) is 42.3 Å². The maximum absolute atomic E-state index is 12.9. The first-order valence-electron chi connectivity index (χ1n) is 3.73. The molecule has 0 aliphatic rings. The zero-order chi connectivity index (χ0) is 9.68. The fourth-order valence-electron chi connectivity index (χ4n) is 0.764. The maximum atomic E-state index is 12.9. The van der Waals surface area contributed by atoms with E-state index >= 15 is 0 Å². The van der Waals surface area contributed by atoms with Crippen LogP contribution in [0.1, 0.15) is 0 Å². The SMILES string of the molecule is COC(=N)COc1ccccc1F. The van der Waals surface area contributed by atoms with Crippen LogP contribution in [0.2, 0.25) is 0 Å². The summed E-state index contributed by atoms with van der Waals surface area (Å²) in [5, 5.41) is 7.09. The monoisotopic (exact) mass is 183 g/mol. The second-order valence-electron chi connectivity index (χ2n) is 2.35. The van der Waals surface area contributed by atoms with Crippen molar-refractivity contribution < 1.29 is 13.9 Å². The van der Waals surface area contributed by atoms with E-state index in [-0.39, 0.29) is 18.3 Å². The zero-order valence-electron chi connectivity index (χ0n) is 7.21. The molecule has 0 amide bonds. The van der Waals surface area contributed by atoms with Gasteiger partial charge in [-0.3, -0.25) is 5.41 Å². The molecule has 0 saturated heterocycles. The molecule has 4 heteroatoms. The number of halogens is 1. The minimum absolute atomic E-state index is 0.0387. The summed E-state index contributed by atoms with van der Waals surface area (Å²) in [4.78, 5) is 0. The molecule has 1 aromatic rings. The van der Waals surface area contributed by atoms with Gasteiger partial charge in [0.2, 0.25) is 5.90 Å². The first-order valence-corrected chi connectivity index (χ1v) is 3.73. The van der Waals surface area contributed by atoms with Crippen molar-refractivity contribution in [2.75, 3.05) is 13.7 Å². The summed E-state index contributed by atoms with van der Waals surface area (Å²) in [6.45, 7) is -0.0581. The lowest BCUT2D eigenvalue weighted by Crippen LogP contribution is -2.12. The van der Waals surface area contributed by atoms with Crippen LogP contribution in [0.15, 0.2) is 24.3 Å². The van der Waals surface area contributed by atoms with Crippen molar-refractivity contribution in [1.29, 1.82) is 5.41 Å². The highest BCUT2D eigenvalue weighted by atomic mass is 19.1. The molecule has 0 aliphatic carbocycles. The summed E-state index contributed by atoms with van der Waals surface area (Å²) < 4.78 is 22.4. The minimum Gasteiger partial charge on any atom is -0.482 e. The summed E-state index contributed by atoms with van der Waals surface area (Å²) in [6.07, 6.45) is 0. The average Bonchev–Trinajstić information content (AvgIpc) is 2.16. The third-order valence-electron chi connectivity index (χ3n) is 1.44. The molecular formula is C9H10FNO2. The molecule has 1 N–H and O–H groups in total. The van der Waals surface area contributed by atoms with E-state index in [1.54, 1.807) is 12.1 Å². The zero-order valence-corrected chi connectivity index (χ0v) is 7.21. The van der Waals surface area contributed by atoms with Crippen molar-refractivity contribution in [1.82, 2.24) is 0 Å². The van der Waals surface area contributed by atoms with Crippen molar-refractivity contribution in [3.05, 3.63) is 30.1 Å². The van der Waals surface area contributed by atoms with E-state index in [9.17, 15) is 4.39 Å². The lowest BCUT2D eigenvalue weighted by molar-refractivity contribution is 0.299. The van der Waals surface area contributed by atoms with Crippen LogP contribution >= 0.6 is 0 Å². The number of rotatable bonds is 3. The molecule has 0 saturated carbocycles. The van der Waals surface area contributed by atoms with E-state index in [4.69, 9.17) is 10.1 Å². The summed E-state index contributed by atoms with van der Waals surface area (Å²) in [5.74, 6) is -0.348. The highest BCUT2D eigenvalue weighted by Crippen LogP contribution is 2.14. The van der Waals surface area contributed by atoms with Crippen molar-refractivity contribution in [2.24, 2.45) is 0 Å². The number of benzene rings is 1. The van der Waals surface area contributed by atoms with Gasteiger partial charge in [0.1, 0.15) is 0 Å². The van der Waals surface area contributed by atoms with Crippen LogP contribution in [0.3, 0.4) is 0 Å². The third kappa shape index (κ3) is 2.74. The Morgan fingerprint density at radius 1 is 1.46 bits per heavy atom. The van der Waals surface area contributed by atoms with Gasteiger partial charge >= 0.3 is 0 Å². The summed E-state index contributed by atoms with van der Waals surface area (Å²) in [5.41, 5.74) is 0. The Morgan fingerprint density at radius 3 is 2.77 bits per heavy atom.